The molecule has 0 aromatic heterocycles. The zero-order valence-corrected chi connectivity index (χ0v) is 20.0. The first-order valence-corrected chi connectivity index (χ1v) is 10.1. The summed E-state index contributed by atoms with van der Waals surface area (Å²) in [5.41, 5.74) is 1.21. The fourth-order valence-corrected chi connectivity index (χ4v) is 2.38. The SMILES string of the molecule is CCOc1ccc(CCNC(=NC)NCC(C)(C)SC)cc1OCC.I. The van der Waals surface area contributed by atoms with Gasteiger partial charge in [0.15, 0.2) is 17.5 Å². The average molecular weight is 495 g/mol. The average Bonchev–Trinajstić information content (AvgIpc) is 2.60. The van der Waals surface area contributed by atoms with Crippen LogP contribution in [0, 0.1) is 0 Å². The number of halogens is 1. The Morgan fingerprint density at radius 2 is 1.77 bits per heavy atom. The Balaban J connectivity index is 0.00000625. The summed E-state index contributed by atoms with van der Waals surface area (Å²) < 4.78 is 11.5. The van der Waals surface area contributed by atoms with Crippen LogP contribution >= 0.6 is 35.7 Å². The van der Waals surface area contributed by atoms with E-state index in [1.54, 1.807) is 7.05 Å². The molecule has 1 rings (SSSR count). The van der Waals surface area contributed by atoms with Gasteiger partial charge >= 0.3 is 0 Å². The lowest BCUT2D eigenvalue weighted by atomic mass is 10.1. The molecule has 2 N–H and O–H groups in total. The second kappa shape index (κ2) is 13.4. The number of rotatable bonds is 10. The van der Waals surface area contributed by atoms with E-state index in [-0.39, 0.29) is 28.7 Å². The molecule has 0 aliphatic heterocycles. The maximum Gasteiger partial charge on any atom is 0.191 e. The van der Waals surface area contributed by atoms with Gasteiger partial charge < -0.3 is 20.1 Å². The van der Waals surface area contributed by atoms with Gasteiger partial charge in [-0.3, -0.25) is 4.99 Å². The second-order valence-electron chi connectivity index (χ2n) is 6.21. The van der Waals surface area contributed by atoms with Crippen molar-refractivity contribution in [3.63, 3.8) is 0 Å². The van der Waals surface area contributed by atoms with E-state index in [1.165, 1.54) is 5.56 Å². The van der Waals surface area contributed by atoms with E-state index >= 15 is 0 Å². The molecule has 7 heteroatoms. The minimum atomic E-state index is 0. The molecule has 150 valence electrons. The number of benzene rings is 1. The van der Waals surface area contributed by atoms with Gasteiger partial charge in [0.25, 0.3) is 0 Å². The predicted molar refractivity (Wildman–Crippen MR) is 125 cm³/mol. The first kappa shape index (κ1) is 25.2. The van der Waals surface area contributed by atoms with E-state index in [4.69, 9.17) is 9.47 Å². The van der Waals surface area contributed by atoms with Gasteiger partial charge in [-0.15, -0.1) is 24.0 Å². The Bertz CT molecular complexity index is 554. The molecule has 1 aromatic rings. The van der Waals surface area contributed by atoms with Crippen LogP contribution in [0.3, 0.4) is 0 Å². The molecule has 0 aliphatic carbocycles. The molecule has 0 amide bonds. The van der Waals surface area contributed by atoms with Crippen LogP contribution in [-0.4, -0.2) is 50.3 Å². The zero-order chi connectivity index (χ0) is 18.7. The van der Waals surface area contributed by atoms with Gasteiger partial charge in [-0.1, -0.05) is 6.07 Å². The highest BCUT2D eigenvalue weighted by Crippen LogP contribution is 2.28. The van der Waals surface area contributed by atoms with E-state index in [0.717, 1.165) is 37.0 Å². The summed E-state index contributed by atoms with van der Waals surface area (Å²) in [6.45, 7) is 11.3. The molecule has 0 aliphatic rings. The molecular weight excluding hydrogens is 461 g/mol. The third-order valence-electron chi connectivity index (χ3n) is 3.77. The largest absolute Gasteiger partial charge is 0.490 e. The van der Waals surface area contributed by atoms with Crippen molar-refractivity contribution in [1.29, 1.82) is 0 Å². The molecule has 0 fully saturated rings. The maximum absolute atomic E-state index is 5.68. The summed E-state index contributed by atoms with van der Waals surface area (Å²) in [6, 6.07) is 6.13. The van der Waals surface area contributed by atoms with E-state index in [2.05, 4.69) is 47.9 Å². The van der Waals surface area contributed by atoms with Gasteiger partial charge in [-0.2, -0.15) is 11.8 Å². The molecule has 5 nitrogen and oxygen atoms in total. The van der Waals surface area contributed by atoms with Crippen molar-refractivity contribution in [3.8, 4) is 11.5 Å². The third-order valence-corrected chi connectivity index (χ3v) is 5.02. The fraction of sp³-hybridized carbons (Fsp3) is 0.632. The summed E-state index contributed by atoms with van der Waals surface area (Å²) in [6.07, 6.45) is 3.01. The van der Waals surface area contributed by atoms with Gasteiger partial charge in [-0.25, -0.2) is 0 Å². The van der Waals surface area contributed by atoms with Crippen molar-refractivity contribution >= 4 is 41.7 Å². The van der Waals surface area contributed by atoms with Crippen molar-refractivity contribution in [2.75, 3.05) is 39.6 Å². The van der Waals surface area contributed by atoms with Crippen molar-refractivity contribution in [2.24, 2.45) is 4.99 Å². The summed E-state index contributed by atoms with van der Waals surface area (Å²) in [7, 11) is 1.80. The lowest BCUT2D eigenvalue weighted by molar-refractivity contribution is 0.287. The number of guanidine groups is 1. The van der Waals surface area contributed by atoms with Crippen LogP contribution in [0.15, 0.2) is 23.2 Å². The Labute approximate surface area is 180 Å². The van der Waals surface area contributed by atoms with Gasteiger partial charge in [0.1, 0.15) is 0 Å². The van der Waals surface area contributed by atoms with Crippen molar-refractivity contribution in [3.05, 3.63) is 23.8 Å². The Kier molecular flexibility index (Phi) is 12.9. The first-order valence-electron chi connectivity index (χ1n) is 8.84. The summed E-state index contributed by atoms with van der Waals surface area (Å²) in [5, 5.41) is 6.74. The minimum Gasteiger partial charge on any atom is -0.490 e. The molecule has 0 spiro atoms. The summed E-state index contributed by atoms with van der Waals surface area (Å²) >= 11 is 1.84. The maximum atomic E-state index is 5.68. The highest BCUT2D eigenvalue weighted by atomic mass is 127. The van der Waals surface area contributed by atoms with Crippen LogP contribution in [0.4, 0.5) is 0 Å². The first-order chi connectivity index (χ1) is 12.0. The van der Waals surface area contributed by atoms with Crippen molar-refractivity contribution < 1.29 is 9.47 Å². The Hall–Kier alpha value is -0.830. The highest BCUT2D eigenvalue weighted by molar-refractivity contribution is 14.0. The van der Waals surface area contributed by atoms with Crippen LogP contribution in [0.5, 0.6) is 11.5 Å². The van der Waals surface area contributed by atoms with E-state index < -0.39 is 0 Å². The molecule has 0 saturated heterocycles. The van der Waals surface area contributed by atoms with Crippen molar-refractivity contribution in [1.82, 2.24) is 10.6 Å². The molecule has 1 aromatic carbocycles. The van der Waals surface area contributed by atoms with Gasteiger partial charge in [0.05, 0.1) is 13.2 Å². The predicted octanol–water partition coefficient (Wildman–Crippen LogP) is 3.95. The highest BCUT2D eigenvalue weighted by Gasteiger charge is 2.16. The smallest absolute Gasteiger partial charge is 0.191 e. The molecule has 0 radical (unpaired) electrons. The van der Waals surface area contributed by atoms with E-state index in [9.17, 15) is 0 Å². The van der Waals surface area contributed by atoms with Crippen LogP contribution in [0.25, 0.3) is 0 Å². The lowest BCUT2D eigenvalue weighted by Gasteiger charge is -2.23. The molecule has 0 atom stereocenters. The third kappa shape index (κ3) is 9.21. The monoisotopic (exact) mass is 495 g/mol. The van der Waals surface area contributed by atoms with Crippen LogP contribution < -0.4 is 20.1 Å². The number of ether oxygens (including phenoxy) is 2. The van der Waals surface area contributed by atoms with Crippen LogP contribution in [0.2, 0.25) is 0 Å². The Morgan fingerprint density at radius 3 is 2.35 bits per heavy atom. The number of nitrogens with zero attached hydrogens (tertiary/aromatic N) is 1. The summed E-state index contributed by atoms with van der Waals surface area (Å²) in [4.78, 5) is 4.28. The van der Waals surface area contributed by atoms with E-state index in [1.807, 2.05) is 31.7 Å². The van der Waals surface area contributed by atoms with Gasteiger partial charge in [0.2, 0.25) is 0 Å². The number of aliphatic imine (C=N–C) groups is 1. The Morgan fingerprint density at radius 1 is 1.12 bits per heavy atom. The van der Waals surface area contributed by atoms with Crippen molar-refractivity contribution in [2.45, 2.75) is 38.9 Å². The molecule has 0 bridgehead atoms. The minimum absolute atomic E-state index is 0. The molecule has 26 heavy (non-hydrogen) atoms. The molecule has 0 unspecified atom stereocenters. The molecule has 0 saturated carbocycles. The second-order valence-corrected chi connectivity index (χ2v) is 7.73. The number of nitrogens with one attached hydrogen (secondary N) is 2. The quantitative estimate of drug-likeness (QED) is 0.293. The summed E-state index contributed by atoms with van der Waals surface area (Å²) in [5.74, 6) is 2.45. The zero-order valence-electron chi connectivity index (χ0n) is 16.8. The van der Waals surface area contributed by atoms with E-state index in [0.29, 0.717) is 13.2 Å². The fourth-order valence-electron chi connectivity index (χ4n) is 2.17. The van der Waals surface area contributed by atoms with Gasteiger partial charge in [-0.05, 0) is 58.1 Å². The standard InChI is InChI=1S/C19H33N3O2S.HI/c1-7-23-16-10-9-15(13-17(16)24-8-2)11-12-21-18(20-5)22-14-19(3,4)25-6;/h9-10,13H,7-8,11-12,14H2,1-6H3,(H2,20,21,22);1H. The number of hydrogen-bond acceptors (Lipinski definition) is 4. The molecule has 0 heterocycles. The lowest BCUT2D eigenvalue weighted by Crippen LogP contribution is -2.43. The number of thioether (sulfide) groups is 1. The molecular formula is C19H34IN3O2S. The number of hydrogen-bond donors (Lipinski definition) is 2. The normalized spacial score (nSPS) is 11.5. The van der Waals surface area contributed by atoms with Crippen LogP contribution in [0.1, 0.15) is 33.3 Å². The topological polar surface area (TPSA) is 54.9 Å². The van der Waals surface area contributed by atoms with Crippen LogP contribution in [-0.2, 0) is 6.42 Å². The van der Waals surface area contributed by atoms with Gasteiger partial charge in [0, 0.05) is 24.9 Å².